The summed E-state index contributed by atoms with van der Waals surface area (Å²) in [5.74, 6) is 0.867. The number of nitrogens with zero attached hydrogens (tertiary/aromatic N) is 4. The van der Waals surface area contributed by atoms with Crippen LogP contribution in [0.3, 0.4) is 0 Å². The number of hydrogen-bond acceptors (Lipinski definition) is 7. The van der Waals surface area contributed by atoms with Crippen LogP contribution in [-0.4, -0.2) is 38.9 Å². The molecule has 6 nitrogen and oxygen atoms in total. The Labute approximate surface area is 145 Å². The van der Waals surface area contributed by atoms with Gasteiger partial charge in [0, 0.05) is 0 Å². The molecule has 0 spiro atoms. The van der Waals surface area contributed by atoms with E-state index in [2.05, 4.69) is 15.5 Å². The third-order valence-corrected chi connectivity index (χ3v) is 5.13. The second kappa shape index (κ2) is 7.12. The Hall–Kier alpha value is -1.90. The maximum Gasteiger partial charge on any atom is 0.214 e. The van der Waals surface area contributed by atoms with Crippen molar-refractivity contribution in [3.63, 3.8) is 0 Å². The molecule has 0 aliphatic carbocycles. The minimum Gasteiger partial charge on any atom is -0.494 e. The zero-order chi connectivity index (χ0) is 16.2. The summed E-state index contributed by atoms with van der Waals surface area (Å²) in [7, 11) is 1.58. The molecule has 9 heteroatoms. The third-order valence-electron chi connectivity index (χ3n) is 2.93. The van der Waals surface area contributed by atoms with Gasteiger partial charge in [0.1, 0.15) is 11.4 Å². The SMILES string of the molecule is COc1ccccc1-n1nnnc1SCC(=O)c1ccc(Cl)s1. The number of aromatic nitrogens is 4. The quantitative estimate of drug-likeness (QED) is 0.492. The molecular weight excluding hydrogens is 356 g/mol. The average molecular weight is 367 g/mol. The molecule has 3 rings (SSSR count). The Kier molecular flexibility index (Phi) is 4.94. The van der Waals surface area contributed by atoms with Crippen molar-refractivity contribution in [3.05, 3.63) is 45.6 Å². The summed E-state index contributed by atoms with van der Waals surface area (Å²) < 4.78 is 7.46. The van der Waals surface area contributed by atoms with Crippen LogP contribution in [0.1, 0.15) is 9.67 Å². The monoisotopic (exact) mass is 366 g/mol. The van der Waals surface area contributed by atoms with Crippen LogP contribution in [0.25, 0.3) is 5.69 Å². The lowest BCUT2D eigenvalue weighted by molar-refractivity contribution is 0.102. The number of tetrazole rings is 1. The Morgan fingerprint density at radius 2 is 2.17 bits per heavy atom. The lowest BCUT2D eigenvalue weighted by atomic mass is 10.3. The first kappa shape index (κ1) is 16.0. The zero-order valence-corrected chi connectivity index (χ0v) is 14.4. The van der Waals surface area contributed by atoms with Crippen LogP contribution in [0.2, 0.25) is 4.34 Å². The fourth-order valence-corrected chi connectivity index (χ4v) is 3.73. The molecule has 0 unspecified atom stereocenters. The molecule has 1 aromatic carbocycles. The van der Waals surface area contributed by atoms with Crippen molar-refractivity contribution in [2.24, 2.45) is 0 Å². The van der Waals surface area contributed by atoms with Crippen LogP contribution in [0.15, 0.2) is 41.6 Å². The molecule has 0 saturated heterocycles. The zero-order valence-electron chi connectivity index (χ0n) is 12.0. The van der Waals surface area contributed by atoms with E-state index in [-0.39, 0.29) is 11.5 Å². The number of para-hydroxylation sites is 2. The van der Waals surface area contributed by atoms with Gasteiger partial charge in [-0.15, -0.1) is 16.4 Å². The lowest BCUT2D eigenvalue weighted by Gasteiger charge is -2.08. The third kappa shape index (κ3) is 3.54. The first-order valence-corrected chi connectivity index (χ1v) is 8.70. The number of thiophene rings is 1. The molecule has 0 amide bonds. The highest BCUT2D eigenvalue weighted by Gasteiger charge is 2.16. The molecule has 0 aliphatic rings. The van der Waals surface area contributed by atoms with Crippen molar-refractivity contribution in [2.75, 3.05) is 12.9 Å². The largest absolute Gasteiger partial charge is 0.494 e. The van der Waals surface area contributed by atoms with Crippen LogP contribution in [-0.2, 0) is 0 Å². The maximum atomic E-state index is 12.2. The van der Waals surface area contributed by atoms with Gasteiger partial charge in [-0.3, -0.25) is 4.79 Å². The van der Waals surface area contributed by atoms with Gasteiger partial charge in [-0.1, -0.05) is 35.5 Å². The Morgan fingerprint density at radius 1 is 1.35 bits per heavy atom. The van der Waals surface area contributed by atoms with Crippen molar-refractivity contribution >= 4 is 40.5 Å². The first-order valence-electron chi connectivity index (χ1n) is 6.52. The highest BCUT2D eigenvalue weighted by atomic mass is 35.5. The van der Waals surface area contributed by atoms with E-state index in [1.54, 1.807) is 23.9 Å². The second-order valence-electron chi connectivity index (χ2n) is 4.36. The lowest BCUT2D eigenvalue weighted by Crippen LogP contribution is -2.04. The summed E-state index contributed by atoms with van der Waals surface area (Å²) in [6, 6.07) is 10.8. The molecule has 0 atom stereocenters. The number of methoxy groups -OCH3 is 1. The van der Waals surface area contributed by atoms with Gasteiger partial charge in [-0.2, -0.15) is 4.68 Å². The van der Waals surface area contributed by atoms with E-state index >= 15 is 0 Å². The van der Waals surface area contributed by atoms with Gasteiger partial charge in [0.15, 0.2) is 5.78 Å². The van der Waals surface area contributed by atoms with Crippen LogP contribution < -0.4 is 4.74 Å². The molecule has 0 radical (unpaired) electrons. The second-order valence-corrected chi connectivity index (χ2v) is 7.02. The van der Waals surface area contributed by atoms with Gasteiger partial charge in [0.25, 0.3) is 0 Å². The van der Waals surface area contributed by atoms with Gasteiger partial charge in [0.2, 0.25) is 5.16 Å². The molecule has 2 aromatic heterocycles. The van der Waals surface area contributed by atoms with Crippen LogP contribution in [0, 0.1) is 0 Å². The van der Waals surface area contributed by atoms with E-state index in [0.29, 0.717) is 25.8 Å². The summed E-state index contributed by atoms with van der Waals surface area (Å²) in [6.07, 6.45) is 0. The highest BCUT2D eigenvalue weighted by molar-refractivity contribution is 7.99. The van der Waals surface area contributed by atoms with Gasteiger partial charge in [-0.05, 0) is 34.7 Å². The topological polar surface area (TPSA) is 69.9 Å². The van der Waals surface area contributed by atoms with E-state index in [0.717, 1.165) is 0 Å². The number of ether oxygens (including phenoxy) is 1. The standard InChI is InChI=1S/C14H11ClN4O2S2/c1-21-11-5-3-2-4-9(11)19-14(16-17-18-19)22-8-10(20)12-6-7-13(15)23-12/h2-7H,8H2,1H3. The van der Waals surface area contributed by atoms with Gasteiger partial charge < -0.3 is 4.74 Å². The fourth-order valence-electron chi connectivity index (χ4n) is 1.89. The van der Waals surface area contributed by atoms with E-state index in [1.807, 2.05) is 24.3 Å². The molecule has 0 N–H and O–H groups in total. The van der Waals surface area contributed by atoms with Gasteiger partial charge >= 0.3 is 0 Å². The molecule has 118 valence electrons. The number of carbonyl (C=O) groups is 1. The number of thioether (sulfide) groups is 1. The van der Waals surface area contributed by atoms with Crippen LogP contribution in [0.4, 0.5) is 0 Å². The number of Topliss-reactive ketones (excluding diaryl/α,β-unsaturated/α-hetero) is 1. The number of rotatable bonds is 6. The van der Waals surface area contributed by atoms with E-state index < -0.39 is 0 Å². The van der Waals surface area contributed by atoms with Crippen molar-refractivity contribution in [3.8, 4) is 11.4 Å². The molecule has 3 aromatic rings. The predicted molar refractivity (Wildman–Crippen MR) is 90.1 cm³/mol. The van der Waals surface area contributed by atoms with E-state index in [4.69, 9.17) is 16.3 Å². The number of hydrogen-bond donors (Lipinski definition) is 0. The molecule has 0 bridgehead atoms. The fraction of sp³-hybridized carbons (Fsp3) is 0.143. The Morgan fingerprint density at radius 3 is 2.91 bits per heavy atom. The van der Waals surface area contributed by atoms with Crippen LogP contribution >= 0.6 is 34.7 Å². The number of halogens is 1. The van der Waals surface area contributed by atoms with Gasteiger partial charge in [-0.25, -0.2) is 0 Å². The molecule has 2 heterocycles. The summed E-state index contributed by atoms with van der Waals surface area (Å²) in [5.41, 5.74) is 0.717. The summed E-state index contributed by atoms with van der Waals surface area (Å²) >= 11 is 8.38. The van der Waals surface area contributed by atoms with Crippen molar-refractivity contribution in [2.45, 2.75) is 5.16 Å². The minimum atomic E-state index is -0.0125. The normalized spacial score (nSPS) is 10.7. The van der Waals surface area contributed by atoms with Gasteiger partial charge in [0.05, 0.1) is 22.1 Å². The average Bonchev–Trinajstić information content (AvgIpc) is 3.21. The molecule has 0 fully saturated rings. The molecule has 0 aliphatic heterocycles. The van der Waals surface area contributed by atoms with Crippen molar-refractivity contribution < 1.29 is 9.53 Å². The molecule has 0 saturated carbocycles. The smallest absolute Gasteiger partial charge is 0.214 e. The summed E-state index contributed by atoms with van der Waals surface area (Å²) in [6.45, 7) is 0. The Bertz CT molecular complexity index is 834. The molecule has 23 heavy (non-hydrogen) atoms. The number of carbonyl (C=O) groups excluding carboxylic acids is 1. The van der Waals surface area contributed by atoms with Crippen molar-refractivity contribution in [1.82, 2.24) is 20.2 Å². The first-order chi connectivity index (χ1) is 11.2. The van der Waals surface area contributed by atoms with Crippen LogP contribution in [0.5, 0.6) is 5.75 Å². The van der Waals surface area contributed by atoms with Crippen molar-refractivity contribution in [1.29, 1.82) is 0 Å². The number of ketones is 1. The number of benzene rings is 1. The van der Waals surface area contributed by atoms with E-state index in [1.165, 1.54) is 23.1 Å². The Balaban J connectivity index is 1.78. The highest BCUT2D eigenvalue weighted by Crippen LogP contribution is 2.27. The maximum absolute atomic E-state index is 12.2. The minimum absolute atomic E-state index is 0.0125. The molecular formula is C14H11ClN4O2S2. The summed E-state index contributed by atoms with van der Waals surface area (Å²) in [4.78, 5) is 12.8. The predicted octanol–water partition coefficient (Wildman–Crippen LogP) is 3.36. The van der Waals surface area contributed by atoms with E-state index in [9.17, 15) is 4.79 Å². The summed E-state index contributed by atoms with van der Waals surface area (Å²) in [5, 5.41) is 12.2.